The number of benzene rings is 1. The Balaban J connectivity index is 2.52. The number of anilines is 1. The van der Waals surface area contributed by atoms with E-state index in [-0.39, 0.29) is 24.1 Å². The first kappa shape index (κ1) is 13.0. The molecule has 0 unspecified atom stereocenters. The monoisotopic (exact) mass is 243 g/mol. The van der Waals surface area contributed by atoms with Crippen molar-refractivity contribution in [2.75, 3.05) is 23.4 Å². The van der Waals surface area contributed by atoms with Crippen molar-refractivity contribution in [2.24, 2.45) is 0 Å². The van der Waals surface area contributed by atoms with Crippen molar-refractivity contribution in [3.63, 3.8) is 0 Å². The van der Waals surface area contributed by atoms with Crippen LogP contribution in [0.4, 0.5) is 10.1 Å². The molecule has 0 saturated carbocycles. The van der Waals surface area contributed by atoms with E-state index in [0.29, 0.717) is 11.4 Å². The van der Waals surface area contributed by atoms with E-state index in [2.05, 4.69) is 5.32 Å². The topological polar surface area (TPSA) is 49.3 Å². The van der Waals surface area contributed by atoms with Crippen LogP contribution in [0.3, 0.4) is 0 Å². The van der Waals surface area contributed by atoms with Crippen molar-refractivity contribution in [1.82, 2.24) is 0 Å². The molecule has 1 aromatic carbocycles. The molecule has 0 saturated heterocycles. The first-order valence-electron chi connectivity index (χ1n) is 4.88. The average Bonchev–Trinajstić information content (AvgIpc) is 2.24. The molecule has 16 heavy (non-hydrogen) atoms. The average molecular weight is 243 g/mol. The molecule has 0 fully saturated rings. The molecule has 2 N–H and O–H groups in total. The Bertz CT molecular complexity index is 371. The van der Waals surface area contributed by atoms with Gasteiger partial charge in [0.2, 0.25) is 5.91 Å². The number of aryl methyl sites for hydroxylation is 1. The Morgan fingerprint density at radius 2 is 2.31 bits per heavy atom. The number of aliphatic hydroxyl groups is 1. The third kappa shape index (κ3) is 4.20. The Morgan fingerprint density at radius 3 is 3.00 bits per heavy atom. The summed E-state index contributed by atoms with van der Waals surface area (Å²) in [5.74, 6) is 0.225. The van der Waals surface area contributed by atoms with Gasteiger partial charge in [-0.05, 0) is 24.6 Å². The molecule has 88 valence electrons. The maximum Gasteiger partial charge on any atom is 0.234 e. The maximum absolute atomic E-state index is 12.9. The summed E-state index contributed by atoms with van der Waals surface area (Å²) in [6, 6.07) is 4.27. The van der Waals surface area contributed by atoms with E-state index in [4.69, 9.17) is 5.11 Å². The van der Waals surface area contributed by atoms with Gasteiger partial charge in [-0.3, -0.25) is 4.79 Å². The number of nitrogens with one attached hydrogen (secondary N) is 1. The summed E-state index contributed by atoms with van der Waals surface area (Å²) in [7, 11) is 0. The van der Waals surface area contributed by atoms with Crippen molar-refractivity contribution < 1.29 is 14.3 Å². The third-order valence-corrected chi connectivity index (χ3v) is 2.88. The predicted molar refractivity (Wildman–Crippen MR) is 64.2 cm³/mol. The molecule has 3 nitrogen and oxygen atoms in total. The first-order chi connectivity index (χ1) is 7.63. The quantitative estimate of drug-likeness (QED) is 0.775. The van der Waals surface area contributed by atoms with Crippen molar-refractivity contribution in [3.8, 4) is 0 Å². The lowest BCUT2D eigenvalue weighted by Gasteiger charge is -2.07. The fourth-order valence-corrected chi connectivity index (χ4v) is 1.68. The molecule has 0 aliphatic carbocycles. The molecule has 1 aromatic rings. The van der Waals surface area contributed by atoms with Gasteiger partial charge in [-0.15, -0.1) is 11.8 Å². The summed E-state index contributed by atoms with van der Waals surface area (Å²) in [6.07, 6.45) is 0. The number of carbonyl (C=O) groups excluding carboxylic acids is 1. The lowest BCUT2D eigenvalue weighted by Crippen LogP contribution is -2.15. The smallest absolute Gasteiger partial charge is 0.234 e. The van der Waals surface area contributed by atoms with Gasteiger partial charge < -0.3 is 10.4 Å². The van der Waals surface area contributed by atoms with Crippen LogP contribution in [0.1, 0.15) is 5.56 Å². The number of halogens is 1. The molecule has 0 heterocycles. The van der Waals surface area contributed by atoms with Crippen LogP contribution >= 0.6 is 11.8 Å². The van der Waals surface area contributed by atoms with E-state index in [1.165, 1.54) is 23.9 Å². The van der Waals surface area contributed by atoms with Gasteiger partial charge in [-0.1, -0.05) is 6.07 Å². The lowest BCUT2D eigenvalue weighted by atomic mass is 10.2. The predicted octanol–water partition coefficient (Wildman–Crippen LogP) is 1.80. The zero-order valence-corrected chi connectivity index (χ0v) is 9.81. The van der Waals surface area contributed by atoms with Crippen LogP contribution in [0.15, 0.2) is 18.2 Å². The Kier molecular flexibility index (Phi) is 5.28. The number of carbonyl (C=O) groups is 1. The zero-order valence-electron chi connectivity index (χ0n) is 9.00. The summed E-state index contributed by atoms with van der Waals surface area (Å²) in [5, 5.41) is 11.2. The highest BCUT2D eigenvalue weighted by atomic mass is 32.2. The van der Waals surface area contributed by atoms with E-state index in [9.17, 15) is 9.18 Å². The minimum atomic E-state index is -0.371. The Morgan fingerprint density at radius 1 is 1.56 bits per heavy atom. The Labute approximate surface area is 98.1 Å². The van der Waals surface area contributed by atoms with Crippen LogP contribution in [0.25, 0.3) is 0 Å². The van der Waals surface area contributed by atoms with Gasteiger partial charge in [0.1, 0.15) is 5.82 Å². The van der Waals surface area contributed by atoms with E-state index >= 15 is 0 Å². The second-order valence-corrected chi connectivity index (χ2v) is 4.39. The van der Waals surface area contributed by atoms with Crippen molar-refractivity contribution in [1.29, 1.82) is 0 Å². The van der Waals surface area contributed by atoms with Crippen LogP contribution < -0.4 is 5.32 Å². The van der Waals surface area contributed by atoms with Gasteiger partial charge >= 0.3 is 0 Å². The second kappa shape index (κ2) is 6.50. The number of rotatable bonds is 5. The summed E-state index contributed by atoms with van der Waals surface area (Å²) in [6.45, 7) is 1.85. The first-order valence-corrected chi connectivity index (χ1v) is 6.03. The second-order valence-electron chi connectivity index (χ2n) is 3.28. The van der Waals surface area contributed by atoms with Gasteiger partial charge in [-0.2, -0.15) is 0 Å². The summed E-state index contributed by atoms with van der Waals surface area (Å²) in [4.78, 5) is 11.4. The number of hydrogen-bond acceptors (Lipinski definition) is 3. The van der Waals surface area contributed by atoms with Crippen LogP contribution in [0.5, 0.6) is 0 Å². The summed E-state index contributed by atoms with van der Waals surface area (Å²) >= 11 is 1.33. The maximum atomic E-state index is 12.9. The standard InChI is InChI=1S/C11H14FNO2S/c1-8-2-3-9(12)6-10(8)13-11(15)7-16-5-4-14/h2-3,6,14H,4-5,7H2,1H3,(H,13,15). The number of hydrogen-bond donors (Lipinski definition) is 2. The summed E-state index contributed by atoms with van der Waals surface area (Å²) in [5.41, 5.74) is 1.32. The highest BCUT2D eigenvalue weighted by molar-refractivity contribution is 7.99. The Hall–Kier alpha value is -1.07. The summed E-state index contributed by atoms with van der Waals surface area (Å²) < 4.78 is 12.9. The lowest BCUT2D eigenvalue weighted by molar-refractivity contribution is -0.113. The van der Waals surface area contributed by atoms with Crippen LogP contribution in [-0.4, -0.2) is 29.1 Å². The molecule has 0 bridgehead atoms. The fraction of sp³-hybridized carbons (Fsp3) is 0.364. The molecular weight excluding hydrogens is 229 g/mol. The fourth-order valence-electron chi connectivity index (χ4n) is 1.14. The molecule has 0 atom stereocenters. The number of thioether (sulfide) groups is 1. The van der Waals surface area contributed by atoms with Gasteiger partial charge in [0.05, 0.1) is 12.4 Å². The molecular formula is C11H14FNO2S. The van der Waals surface area contributed by atoms with Gasteiger partial charge in [0.15, 0.2) is 0 Å². The van der Waals surface area contributed by atoms with E-state index in [1.54, 1.807) is 13.0 Å². The molecule has 0 aliphatic rings. The molecule has 1 rings (SSSR count). The number of amides is 1. The molecule has 1 amide bonds. The minimum absolute atomic E-state index is 0.0525. The zero-order chi connectivity index (χ0) is 12.0. The highest BCUT2D eigenvalue weighted by Crippen LogP contribution is 2.16. The molecule has 0 aliphatic heterocycles. The van der Waals surface area contributed by atoms with Crippen molar-refractivity contribution in [2.45, 2.75) is 6.92 Å². The largest absolute Gasteiger partial charge is 0.396 e. The molecule has 0 spiro atoms. The van der Waals surface area contributed by atoms with E-state index in [0.717, 1.165) is 5.56 Å². The van der Waals surface area contributed by atoms with Gasteiger partial charge in [0, 0.05) is 11.4 Å². The SMILES string of the molecule is Cc1ccc(F)cc1NC(=O)CSCCO. The molecule has 0 aromatic heterocycles. The van der Waals surface area contributed by atoms with Gasteiger partial charge in [0.25, 0.3) is 0 Å². The third-order valence-electron chi connectivity index (χ3n) is 1.94. The highest BCUT2D eigenvalue weighted by Gasteiger charge is 2.05. The van der Waals surface area contributed by atoms with E-state index in [1.807, 2.05) is 0 Å². The van der Waals surface area contributed by atoms with Crippen molar-refractivity contribution in [3.05, 3.63) is 29.6 Å². The van der Waals surface area contributed by atoms with Gasteiger partial charge in [-0.25, -0.2) is 4.39 Å². The number of aliphatic hydroxyl groups excluding tert-OH is 1. The van der Waals surface area contributed by atoms with Crippen LogP contribution in [0.2, 0.25) is 0 Å². The molecule has 0 radical (unpaired) electrons. The van der Waals surface area contributed by atoms with Crippen LogP contribution in [0, 0.1) is 12.7 Å². The molecule has 5 heteroatoms. The van der Waals surface area contributed by atoms with Crippen molar-refractivity contribution >= 4 is 23.4 Å². The van der Waals surface area contributed by atoms with Crippen LogP contribution in [-0.2, 0) is 4.79 Å². The normalized spacial score (nSPS) is 10.2. The minimum Gasteiger partial charge on any atom is -0.396 e. The van der Waals surface area contributed by atoms with E-state index < -0.39 is 0 Å².